The van der Waals surface area contributed by atoms with Crippen LogP contribution in [0.25, 0.3) is 0 Å². The first kappa shape index (κ1) is 14.6. The lowest BCUT2D eigenvalue weighted by Gasteiger charge is -2.35. The predicted octanol–water partition coefficient (Wildman–Crippen LogP) is 1.61. The topological polar surface area (TPSA) is 50.2 Å². The largest absolute Gasteiger partial charge is 0.342 e. The van der Waals surface area contributed by atoms with Gasteiger partial charge in [0.1, 0.15) is 0 Å². The van der Waals surface area contributed by atoms with Crippen molar-refractivity contribution in [3.63, 3.8) is 0 Å². The number of piperidine rings is 2. The van der Waals surface area contributed by atoms with Crippen molar-refractivity contribution in [2.24, 2.45) is 5.92 Å². The zero-order chi connectivity index (χ0) is 14.7. The van der Waals surface area contributed by atoms with Crippen molar-refractivity contribution >= 4 is 5.91 Å². The van der Waals surface area contributed by atoms with E-state index < -0.39 is 0 Å². The van der Waals surface area contributed by atoms with Crippen molar-refractivity contribution in [2.45, 2.75) is 45.1 Å². The Hall–Kier alpha value is -1.36. The molecule has 0 radical (unpaired) electrons. The summed E-state index contributed by atoms with van der Waals surface area (Å²) in [5.74, 6) is 1.14. The van der Waals surface area contributed by atoms with Crippen LogP contribution in [-0.2, 0) is 11.3 Å². The van der Waals surface area contributed by atoms with Crippen molar-refractivity contribution in [3.8, 4) is 0 Å². The normalized spacial score (nSPS) is 24.2. The molecule has 2 saturated heterocycles. The number of aromatic nitrogens is 2. The zero-order valence-electron chi connectivity index (χ0n) is 12.9. The lowest BCUT2D eigenvalue weighted by molar-refractivity contribution is -0.137. The summed E-state index contributed by atoms with van der Waals surface area (Å²) in [5, 5.41) is 7.71. The number of rotatable bonds is 3. The number of amides is 1. The van der Waals surface area contributed by atoms with E-state index in [2.05, 4.69) is 28.4 Å². The Morgan fingerprint density at radius 2 is 2.19 bits per heavy atom. The molecule has 0 aliphatic carbocycles. The fraction of sp³-hybridized carbons (Fsp3) is 0.750. The highest BCUT2D eigenvalue weighted by Crippen LogP contribution is 2.28. The molecule has 2 aliphatic heterocycles. The highest BCUT2D eigenvalue weighted by atomic mass is 16.2. The van der Waals surface area contributed by atoms with Crippen LogP contribution in [0, 0.1) is 5.92 Å². The number of likely N-dealkylation sites (tertiary alicyclic amines) is 1. The van der Waals surface area contributed by atoms with E-state index in [0.717, 1.165) is 58.4 Å². The molecule has 21 heavy (non-hydrogen) atoms. The van der Waals surface area contributed by atoms with Crippen LogP contribution >= 0.6 is 0 Å². The highest BCUT2D eigenvalue weighted by molar-refractivity contribution is 5.79. The standard InChI is InChI=1S/C16H26N4O/c1-2-20-12-15(11-18-20)13-5-8-19(9-6-13)16(21)14-4-3-7-17-10-14/h11-14,17H,2-10H2,1H3/t14-/m1/s1. The van der Waals surface area contributed by atoms with E-state index in [1.807, 2.05) is 10.9 Å². The number of carbonyl (C=O) groups is 1. The molecule has 3 heterocycles. The Balaban J connectivity index is 1.53. The molecule has 1 aromatic rings. The fourth-order valence-corrected chi connectivity index (χ4v) is 3.52. The van der Waals surface area contributed by atoms with Crippen LogP contribution in [0.1, 0.15) is 44.1 Å². The molecule has 0 spiro atoms. The van der Waals surface area contributed by atoms with Gasteiger partial charge in [-0.15, -0.1) is 0 Å². The summed E-state index contributed by atoms with van der Waals surface area (Å²) < 4.78 is 1.99. The lowest BCUT2D eigenvalue weighted by atomic mass is 9.90. The second kappa shape index (κ2) is 6.60. The lowest BCUT2D eigenvalue weighted by Crippen LogP contribution is -2.45. The third-order valence-corrected chi connectivity index (χ3v) is 4.90. The Morgan fingerprint density at radius 3 is 2.81 bits per heavy atom. The minimum atomic E-state index is 0.207. The predicted molar refractivity (Wildman–Crippen MR) is 82.0 cm³/mol. The molecule has 5 nitrogen and oxygen atoms in total. The van der Waals surface area contributed by atoms with Gasteiger partial charge in [-0.05, 0) is 50.6 Å². The van der Waals surface area contributed by atoms with Crippen molar-refractivity contribution in [1.29, 1.82) is 0 Å². The molecule has 2 fully saturated rings. The van der Waals surface area contributed by atoms with Crippen LogP contribution in [-0.4, -0.2) is 46.8 Å². The first-order valence-electron chi connectivity index (χ1n) is 8.29. The van der Waals surface area contributed by atoms with Crippen LogP contribution in [0.15, 0.2) is 12.4 Å². The number of hydrogen-bond acceptors (Lipinski definition) is 3. The van der Waals surface area contributed by atoms with Gasteiger partial charge in [0.05, 0.1) is 12.1 Å². The van der Waals surface area contributed by atoms with Gasteiger partial charge in [-0.25, -0.2) is 0 Å². The van der Waals surface area contributed by atoms with E-state index in [1.165, 1.54) is 5.56 Å². The first-order chi connectivity index (χ1) is 10.3. The van der Waals surface area contributed by atoms with Gasteiger partial charge >= 0.3 is 0 Å². The third-order valence-electron chi connectivity index (χ3n) is 4.90. The Kier molecular flexibility index (Phi) is 4.58. The van der Waals surface area contributed by atoms with Crippen LogP contribution in [0.3, 0.4) is 0 Å². The van der Waals surface area contributed by atoms with Crippen molar-refractivity contribution < 1.29 is 4.79 Å². The average molecular weight is 290 g/mol. The Morgan fingerprint density at radius 1 is 1.38 bits per heavy atom. The van der Waals surface area contributed by atoms with E-state index in [0.29, 0.717) is 11.8 Å². The monoisotopic (exact) mass is 290 g/mol. The van der Waals surface area contributed by atoms with Gasteiger partial charge in [0.15, 0.2) is 0 Å². The summed E-state index contributed by atoms with van der Waals surface area (Å²) in [7, 11) is 0. The average Bonchev–Trinajstić information content (AvgIpc) is 3.04. The molecular formula is C16H26N4O. The summed E-state index contributed by atoms with van der Waals surface area (Å²) in [5.41, 5.74) is 1.34. The summed E-state index contributed by atoms with van der Waals surface area (Å²) in [6.45, 7) is 6.76. The maximum Gasteiger partial charge on any atom is 0.226 e. The van der Waals surface area contributed by atoms with Crippen LogP contribution in [0.5, 0.6) is 0 Å². The molecular weight excluding hydrogens is 264 g/mol. The molecule has 5 heteroatoms. The van der Waals surface area contributed by atoms with Crippen molar-refractivity contribution in [3.05, 3.63) is 18.0 Å². The maximum atomic E-state index is 12.5. The SMILES string of the molecule is CCn1cc(C2CCN(C(=O)[C@@H]3CCCNC3)CC2)cn1. The molecule has 1 N–H and O–H groups in total. The molecule has 0 aromatic carbocycles. The minimum Gasteiger partial charge on any atom is -0.342 e. The van der Waals surface area contributed by atoms with Gasteiger partial charge in [-0.2, -0.15) is 5.10 Å². The second-order valence-corrected chi connectivity index (χ2v) is 6.27. The van der Waals surface area contributed by atoms with E-state index in [4.69, 9.17) is 0 Å². The van der Waals surface area contributed by atoms with Crippen LogP contribution in [0.2, 0.25) is 0 Å². The molecule has 0 saturated carbocycles. The van der Waals surface area contributed by atoms with Gasteiger partial charge in [-0.1, -0.05) is 0 Å². The van der Waals surface area contributed by atoms with Gasteiger partial charge in [-0.3, -0.25) is 9.48 Å². The number of aryl methyl sites for hydroxylation is 1. The maximum absolute atomic E-state index is 12.5. The van der Waals surface area contributed by atoms with E-state index in [9.17, 15) is 4.79 Å². The Bertz CT molecular complexity index is 470. The van der Waals surface area contributed by atoms with Crippen molar-refractivity contribution in [2.75, 3.05) is 26.2 Å². The molecule has 0 bridgehead atoms. The van der Waals surface area contributed by atoms with Gasteiger partial charge in [0.2, 0.25) is 5.91 Å². The van der Waals surface area contributed by atoms with E-state index in [-0.39, 0.29) is 5.92 Å². The summed E-state index contributed by atoms with van der Waals surface area (Å²) in [6, 6.07) is 0. The quantitative estimate of drug-likeness (QED) is 0.920. The van der Waals surface area contributed by atoms with Crippen LogP contribution in [0.4, 0.5) is 0 Å². The molecule has 0 unspecified atom stereocenters. The number of nitrogens with one attached hydrogen (secondary N) is 1. The first-order valence-corrected chi connectivity index (χ1v) is 8.29. The van der Waals surface area contributed by atoms with Gasteiger partial charge in [0, 0.05) is 32.4 Å². The van der Waals surface area contributed by atoms with Gasteiger partial charge in [0.25, 0.3) is 0 Å². The summed E-state index contributed by atoms with van der Waals surface area (Å²) in [6.07, 6.45) is 8.48. The number of carbonyl (C=O) groups excluding carboxylic acids is 1. The second-order valence-electron chi connectivity index (χ2n) is 6.27. The molecule has 2 aliphatic rings. The summed E-state index contributed by atoms with van der Waals surface area (Å²) >= 11 is 0. The fourth-order valence-electron chi connectivity index (χ4n) is 3.52. The zero-order valence-corrected chi connectivity index (χ0v) is 12.9. The van der Waals surface area contributed by atoms with Crippen molar-refractivity contribution in [1.82, 2.24) is 20.0 Å². The minimum absolute atomic E-state index is 0.207. The van der Waals surface area contributed by atoms with E-state index >= 15 is 0 Å². The number of hydrogen-bond donors (Lipinski definition) is 1. The smallest absolute Gasteiger partial charge is 0.226 e. The summed E-state index contributed by atoms with van der Waals surface area (Å²) in [4.78, 5) is 14.6. The number of nitrogens with zero attached hydrogens (tertiary/aromatic N) is 3. The molecule has 1 atom stereocenters. The Labute approximate surface area is 126 Å². The highest BCUT2D eigenvalue weighted by Gasteiger charge is 2.29. The third kappa shape index (κ3) is 3.28. The molecule has 3 rings (SSSR count). The van der Waals surface area contributed by atoms with E-state index in [1.54, 1.807) is 0 Å². The van der Waals surface area contributed by atoms with Gasteiger partial charge < -0.3 is 10.2 Å². The molecule has 116 valence electrons. The van der Waals surface area contributed by atoms with Crippen LogP contribution < -0.4 is 5.32 Å². The molecule has 1 aromatic heterocycles. The molecule has 1 amide bonds.